The second-order valence-corrected chi connectivity index (χ2v) is 1.35. The van der Waals surface area contributed by atoms with Crippen LogP contribution in [0.1, 0.15) is 13.3 Å². The highest BCUT2D eigenvalue weighted by molar-refractivity contribution is 4.87. The zero-order valence-electron chi connectivity index (χ0n) is 4.50. The van der Waals surface area contributed by atoms with Crippen LogP contribution in [0.15, 0.2) is 12.2 Å². The van der Waals surface area contributed by atoms with Crippen LogP contribution in [0.4, 0.5) is 13.2 Å². The van der Waals surface area contributed by atoms with Gasteiger partial charge >= 0.3 is 6.18 Å². The van der Waals surface area contributed by atoms with E-state index in [1.165, 1.54) is 0 Å². The Kier molecular flexibility index (Phi) is 2.58. The zero-order valence-corrected chi connectivity index (χ0v) is 4.50. The molecule has 0 aromatic rings. The van der Waals surface area contributed by atoms with Crippen molar-refractivity contribution in [2.24, 2.45) is 0 Å². The molecule has 48 valence electrons. The lowest BCUT2D eigenvalue weighted by molar-refractivity contribution is -0.0800. The van der Waals surface area contributed by atoms with E-state index in [1.54, 1.807) is 6.92 Å². The lowest BCUT2D eigenvalue weighted by atomic mass is 10.4. The minimum atomic E-state index is -4.13. The molecule has 0 radical (unpaired) electrons. The summed E-state index contributed by atoms with van der Waals surface area (Å²) in [4.78, 5) is 0. The first kappa shape index (κ1) is 7.53. The summed E-state index contributed by atoms with van der Waals surface area (Å²) in [7, 11) is 0. The second-order valence-electron chi connectivity index (χ2n) is 1.35. The third kappa shape index (κ3) is 5.53. The molecule has 0 aliphatic heterocycles. The lowest BCUT2D eigenvalue weighted by Crippen LogP contribution is -1.99. The molecule has 0 amide bonds. The lowest BCUT2D eigenvalue weighted by Gasteiger charge is -1.94. The van der Waals surface area contributed by atoms with Crippen molar-refractivity contribution in [1.29, 1.82) is 0 Å². The molecule has 0 saturated carbocycles. The molecule has 0 fully saturated rings. The summed E-state index contributed by atoms with van der Waals surface area (Å²) < 4.78 is 33.5. The normalized spacial score (nSPS) is 13.0. The van der Waals surface area contributed by atoms with E-state index < -0.39 is 6.18 Å². The molecule has 0 aliphatic rings. The summed E-state index contributed by atoms with van der Waals surface area (Å²) in [5.74, 6) is 0. The van der Waals surface area contributed by atoms with Gasteiger partial charge in [0.25, 0.3) is 0 Å². The minimum Gasteiger partial charge on any atom is -0.167 e. The highest BCUT2D eigenvalue weighted by Gasteiger charge is 2.20. The maximum atomic E-state index is 11.2. The van der Waals surface area contributed by atoms with Crippen LogP contribution in [-0.4, -0.2) is 6.18 Å². The Morgan fingerprint density at radius 2 is 1.88 bits per heavy atom. The molecule has 3 heteroatoms. The maximum Gasteiger partial charge on any atom is 0.409 e. The van der Waals surface area contributed by atoms with Crippen molar-refractivity contribution in [3.8, 4) is 0 Å². The summed E-state index contributed by atoms with van der Waals surface area (Å²) in [5, 5.41) is 0. The van der Waals surface area contributed by atoms with Crippen LogP contribution in [0.3, 0.4) is 0 Å². The van der Waals surface area contributed by atoms with Gasteiger partial charge in [-0.05, 0) is 6.42 Å². The van der Waals surface area contributed by atoms with E-state index in [0.717, 1.165) is 6.08 Å². The topological polar surface area (TPSA) is 0 Å². The van der Waals surface area contributed by atoms with Crippen molar-refractivity contribution in [1.82, 2.24) is 0 Å². The van der Waals surface area contributed by atoms with Crippen molar-refractivity contribution in [2.75, 3.05) is 0 Å². The summed E-state index contributed by atoms with van der Waals surface area (Å²) in [6, 6.07) is 0. The van der Waals surface area contributed by atoms with Gasteiger partial charge in [0.15, 0.2) is 0 Å². The van der Waals surface area contributed by atoms with Crippen molar-refractivity contribution in [2.45, 2.75) is 19.5 Å². The average molecular weight is 124 g/mol. The molecule has 0 aromatic carbocycles. The van der Waals surface area contributed by atoms with E-state index in [-0.39, 0.29) is 6.08 Å². The number of rotatable bonds is 1. The largest absolute Gasteiger partial charge is 0.409 e. The van der Waals surface area contributed by atoms with E-state index >= 15 is 0 Å². The van der Waals surface area contributed by atoms with Gasteiger partial charge in [-0.3, -0.25) is 0 Å². The molecule has 0 bridgehead atoms. The predicted molar refractivity (Wildman–Crippen MR) is 25.5 cm³/mol. The molecule has 0 atom stereocenters. The van der Waals surface area contributed by atoms with E-state index in [9.17, 15) is 13.2 Å². The van der Waals surface area contributed by atoms with E-state index in [1.807, 2.05) is 0 Å². The van der Waals surface area contributed by atoms with Crippen LogP contribution >= 0.6 is 0 Å². The third-order valence-electron chi connectivity index (χ3n) is 0.543. The van der Waals surface area contributed by atoms with Crippen LogP contribution in [0.5, 0.6) is 0 Å². The smallest absolute Gasteiger partial charge is 0.167 e. The predicted octanol–water partition coefficient (Wildman–Crippen LogP) is 2.51. The number of hydrogen-bond donors (Lipinski definition) is 0. The summed E-state index contributed by atoms with van der Waals surface area (Å²) in [6.07, 6.45) is -2.37. The number of halogens is 3. The molecule has 0 nitrogen and oxygen atoms in total. The first-order valence-electron chi connectivity index (χ1n) is 2.30. The van der Waals surface area contributed by atoms with Gasteiger partial charge in [-0.1, -0.05) is 13.0 Å². The molecule has 0 aliphatic carbocycles. The van der Waals surface area contributed by atoms with Crippen molar-refractivity contribution >= 4 is 0 Å². The molecular weight excluding hydrogens is 117 g/mol. The zero-order chi connectivity index (χ0) is 6.62. The molecule has 0 N–H and O–H groups in total. The molecule has 0 rings (SSSR count). The highest BCUT2D eigenvalue weighted by atomic mass is 19.4. The summed E-state index contributed by atoms with van der Waals surface area (Å²) in [5.41, 5.74) is 0. The van der Waals surface area contributed by atoms with Gasteiger partial charge < -0.3 is 0 Å². The van der Waals surface area contributed by atoms with Crippen LogP contribution in [0, 0.1) is 0 Å². The number of hydrogen-bond acceptors (Lipinski definition) is 0. The van der Waals surface area contributed by atoms with Crippen molar-refractivity contribution in [3.63, 3.8) is 0 Å². The van der Waals surface area contributed by atoms with Crippen LogP contribution in [0.2, 0.25) is 0 Å². The van der Waals surface area contributed by atoms with E-state index in [4.69, 9.17) is 0 Å². The van der Waals surface area contributed by atoms with Gasteiger partial charge in [0.2, 0.25) is 0 Å². The Hall–Kier alpha value is -0.470. The van der Waals surface area contributed by atoms with Crippen molar-refractivity contribution in [3.05, 3.63) is 12.2 Å². The van der Waals surface area contributed by atoms with Gasteiger partial charge in [-0.25, -0.2) is 0 Å². The van der Waals surface area contributed by atoms with Gasteiger partial charge in [-0.2, -0.15) is 13.2 Å². The molecule has 0 unspecified atom stereocenters. The highest BCUT2D eigenvalue weighted by Crippen LogP contribution is 2.15. The first-order chi connectivity index (χ1) is 3.56. The standard InChI is InChI=1S/C5H7F3/c1-2-3-4-5(6,7)8/h3-4H,2H2,1H3/b4-3-. The van der Waals surface area contributed by atoms with Gasteiger partial charge in [0, 0.05) is 6.08 Å². The average Bonchev–Trinajstić information content (AvgIpc) is 1.59. The Bertz CT molecular complexity index is 80.2. The van der Waals surface area contributed by atoms with Gasteiger partial charge in [-0.15, -0.1) is 0 Å². The first-order valence-corrected chi connectivity index (χ1v) is 2.30. The van der Waals surface area contributed by atoms with Gasteiger partial charge in [0.1, 0.15) is 0 Å². The molecule has 0 spiro atoms. The summed E-state index contributed by atoms with van der Waals surface area (Å²) in [6.45, 7) is 1.66. The third-order valence-corrected chi connectivity index (χ3v) is 0.543. The SMILES string of the molecule is CC/C=C\C(F)(F)F. The Morgan fingerprint density at radius 3 is 2.00 bits per heavy atom. The van der Waals surface area contributed by atoms with E-state index in [2.05, 4.69) is 0 Å². The fourth-order valence-electron chi connectivity index (χ4n) is 0.251. The van der Waals surface area contributed by atoms with Crippen molar-refractivity contribution < 1.29 is 13.2 Å². The quantitative estimate of drug-likeness (QED) is 0.471. The fraction of sp³-hybridized carbons (Fsp3) is 0.600. The number of allylic oxidation sites excluding steroid dienone is 2. The van der Waals surface area contributed by atoms with Crippen LogP contribution in [0.25, 0.3) is 0 Å². The summed E-state index contributed by atoms with van der Waals surface area (Å²) >= 11 is 0. The molecule has 0 saturated heterocycles. The van der Waals surface area contributed by atoms with Gasteiger partial charge in [0.05, 0.1) is 0 Å². The van der Waals surface area contributed by atoms with Crippen LogP contribution in [-0.2, 0) is 0 Å². The second kappa shape index (κ2) is 2.74. The molecular formula is C5H7F3. The Balaban J connectivity index is 3.52. The minimum absolute atomic E-state index is 0.243. The molecule has 8 heavy (non-hydrogen) atoms. The Labute approximate surface area is 46.0 Å². The molecule has 0 aromatic heterocycles. The van der Waals surface area contributed by atoms with E-state index in [0.29, 0.717) is 6.42 Å². The Morgan fingerprint density at radius 1 is 1.38 bits per heavy atom. The molecule has 0 heterocycles. The maximum absolute atomic E-state index is 11.2. The number of alkyl halides is 3. The monoisotopic (exact) mass is 124 g/mol. The van der Waals surface area contributed by atoms with Crippen LogP contribution < -0.4 is 0 Å². The fourth-order valence-corrected chi connectivity index (χ4v) is 0.251.